The van der Waals surface area contributed by atoms with E-state index >= 15 is 0 Å². The van der Waals surface area contributed by atoms with E-state index in [0.29, 0.717) is 13.2 Å². The molecule has 1 aromatic carbocycles. The lowest BCUT2D eigenvalue weighted by molar-refractivity contribution is -0.145. The summed E-state index contributed by atoms with van der Waals surface area (Å²) in [6.45, 7) is 6.95. The van der Waals surface area contributed by atoms with E-state index in [9.17, 15) is 9.59 Å². The number of amides is 1. The molecular formula is C20H24N2O3. The summed E-state index contributed by atoms with van der Waals surface area (Å²) in [5.74, 6) is -0.0552. The maximum atomic E-state index is 12.8. The van der Waals surface area contributed by atoms with E-state index in [1.807, 2.05) is 43.0 Å². The molecule has 0 N–H and O–H groups in total. The van der Waals surface area contributed by atoms with Crippen LogP contribution >= 0.6 is 0 Å². The second-order valence-electron chi connectivity index (χ2n) is 6.74. The number of nitrogens with zero attached hydrogens (tertiary/aromatic N) is 2. The molecule has 25 heavy (non-hydrogen) atoms. The highest BCUT2D eigenvalue weighted by atomic mass is 16.5. The van der Waals surface area contributed by atoms with E-state index < -0.39 is 0 Å². The minimum atomic E-state index is -0.148. The molecule has 132 valence electrons. The van der Waals surface area contributed by atoms with E-state index in [1.54, 1.807) is 12.3 Å². The van der Waals surface area contributed by atoms with Crippen LogP contribution in [0.5, 0.6) is 0 Å². The van der Waals surface area contributed by atoms with Crippen LogP contribution in [0.4, 0.5) is 0 Å². The first-order valence-electron chi connectivity index (χ1n) is 8.59. The highest BCUT2D eigenvalue weighted by Gasteiger charge is 2.31. The van der Waals surface area contributed by atoms with E-state index in [-0.39, 0.29) is 30.2 Å². The maximum absolute atomic E-state index is 12.8. The van der Waals surface area contributed by atoms with Gasteiger partial charge in [-0.1, -0.05) is 24.3 Å². The zero-order valence-electron chi connectivity index (χ0n) is 14.9. The van der Waals surface area contributed by atoms with E-state index in [0.717, 1.165) is 16.7 Å². The first-order valence-corrected chi connectivity index (χ1v) is 8.59. The molecule has 0 radical (unpaired) electrons. The Bertz CT molecular complexity index is 828. The number of ether oxygens (including phenoxy) is 1. The number of aryl methyl sites for hydroxylation is 2. The number of carbonyl (C=O) groups excluding carboxylic acids is 1. The molecule has 0 aliphatic carbocycles. The molecule has 2 heterocycles. The Balaban J connectivity index is 1.76. The molecule has 0 saturated carbocycles. The minimum absolute atomic E-state index is 0.00563. The van der Waals surface area contributed by atoms with Gasteiger partial charge in [-0.15, -0.1) is 0 Å². The summed E-state index contributed by atoms with van der Waals surface area (Å²) < 4.78 is 7.42. The van der Waals surface area contributed by atoms with Gasteiger partial charge in [-0.25, -0.2) is 0 Å². The van der Waals surface area contributed by atoms with Crippen LogP contribution in [0.15, 0.2) is 47.4 Å². The molecule has 1 amide bonds. The van der Waals surface area contributed by atoms with Crippen molar-refractivity contribution in [2.45, 2.75) is 39.5 Å². The van der Waals surface area contributed by atoms with Crippen LogP contribution < -0.4 is 5.56 Å². The molecule has 0 spiro atoms. The van der Waals surface area contributed by atoms with Gasteiger partial charge in [-0.2, -0.15) is 0 Å². The monoisotopic (exact) mass is 340 g/mol. The van der Waals surface area contributed by atoms with Gasteiger partial charge in [0.05, 0.1) is 19.2 Å². The van der Waals surface area contributed by atoms with Gasteiger partial charge in [0.1, 0.15) is 12.6 Å². The fraction of sp³-hybridized carbons (Fsp3) is 0.400. The summed E-state index contributed by atoms with van der Waals surface area (Å²) in [6.07, 6.45) is 1.55. The summed E-state index contributed by atoms with van der Waals surface area (Å²) in [5, 5.41) is 0. The first kappa shape index (κ1) is 17.4. The van der Waals surface area contributed by atoms with Gasteiger partial charge in [-0.05, 0) is 43.5 Å². The second kappa shape index (κ2) is 7.23. The number of hydrogen-bond donors (Lipinski definition) is 0. The molecule has 3 rings (SSSR count). The van der Waals surface area contributed by atoms with Crippen LogP contribution in [0.1, 0.15) is 29.7 Å². The van der Waals surface area contributed by atoms with Gasteiger partial charge in [-0.3, -0.25) is 9.59 Å². The molecule has 2 aromatic rings. The highest BCUT2D eigenvalue weighted by molar-refractivity contribution is 5.76. The van der Waals surface area contributed by atoms with Crippen molar-refractivity contribution in [3.8, 4) is 0 Å². The van der Waals surface area contributed by atoms with Gasteiger partial charge in [0.2, 0.25) is 5.91 Å². The molecule has 1 saturated heterocycles. The minimum Gasteiger partial charge on any atom is -0.370 e. The Hall–Kier alpha value is -2.40. The molecule has 1 fully saturated rings. The number of benzene rings is 1. The van der Waals surface area contributed by atoms with Crippen LogP contribution in [0, 0.1) is 13.8 Å². The van der Waals surface area contributed by atoms with Crippen LogP contribution in [0.3, 0.4) is 0 Å². The Kier molecular flexibility index (Phi) is 5.04. The number of carbonyl (C=O) groups is 1. The van der Waals surface area contributed by atoms with Crippen molar-refractivity contribution < 1.29 is 9.53 Å². The smallest absolute Gasteiger partial charge is 0.251 e. The Morgan fingerprint density at radius 2 is 2.00 bits per heavy atom. The summed E-state index contributed by atoms with van der Waals surface area (Å²) in [6, 6.07) is 11.5. The normalized spacial score (nSPS) is 20.5. The summed E-state index contributed by atoms with van der Waals surface area (Å²) in [5.41, 5.74) is 3.02. The third-order valence-corrected chi connectivity index (χ3v) is 4.75. The van der Waals surface area contributed by atoms with Crippen molar-refractivity contribution in [3.63, 3.8) is 0 Å². The topological polar surface area (TPSA) is 51.5 Å². The van der Waals surface area contributed by atoms with Crippen molar-refractivity contribution in [1.29, 1.82) is 0 Å². The SMILES string of the molecule is Cc1ccn(CC(=O)N2C[C@H](c3ccccc3C)OC[C@@H]2C)c(=O)c1. The molecular weight excluding hydrogens is 316 g/mol. The maximum Gasteiger partial charge on any atom is 0.251 e. The summed E-state index contributed by atoms with van der Waals surface area (Å²) >= 11 is 0. The van der Waals surface area contributed by atoms with Crippen LogP contribution in [0.2, 0.25) is 0 Å². The van der Waals surface area contributed by atoms with Crippen LogP contribution in [-0.2, 0) is 16.1 Å². The van der Waals surface area contributed by atoms with Gasteiger partial charge in [0.15, 0.2) is 0 Å². The number of aromatic nitrogens is 1. The average molecular weight is 340 g/mol. The van der Waals surface area contributed by atoms with Crippen LogP contribution in [0.25, 0.3) is 0 Å². The number of rotatable bonds is 3. The predicted octanol–water partition coefficient (Wildman–Crippen LogP) is 2.45. The fourth-order valence-corrected chi connectivity index (χ4v) is 3.21. The van der Waals surface area contributed by atoms with Crippen molar-refractivity contribution in [1.82, 2.24) is 9.47 Å². The molecule has 1 aliphatic heterocycles. The number of hydrogen-bond acceptors (Lipinski definition) is 3. The highest BCUT2D eigenvalue weighted by Crippen LogP contribution is 2.27. The van der Waals surface area contributed by atoms with E-state index in [2.05, 4.69) is 13.0 Å². The molecule has 1 aliphatic rings. The third-order valence-electron chi connectivity index (χ3n) is 4.75. The van der Waals surface area contributed by atoms with Gasteiger partial charge >= 0.3 is 0 Å². The number of pyridine rings is 1. The molecule has 1 aromatic heterocycles. The molecule has 0 unspecified atom stereocenters. The molecule has 2 atom stereocenters. The van der Waals surface area contributed by atoms with E-state index in [4.69, 9.17) is 4.74 Å². The lowest BCUT2D eigenvalue weighted by Crippen LogP contribution is -2.50. The average Bonchev–Trinajstić information content (AvgIpc) is 2.58. The van der Waals surface area contributed by atoms with Crippen LogP contribution in [-0.4, -0.2) is 34.6 Å². The quantitative estimate of drug-likeness (QED) is 0.862. The largest absolute Gasteiger partial charge is 0.370 e. The first-order chi connectivity index (χ1) is 12.0. The summed E-state index contributed by atoms with van der Waals surface area (Å²) in [7, 11) is 0. The lowest BCUT2D eigenvalue weighted by Gasteiger charge is -2.38. The Morgan fingerprint density at radius 1 is 1.24 bits per heavy atom. The third kappa shape index (κ3) is 3.82. The lowest BCUT2D eigenvalue weighted by atomic mass is 10.0. The standard InChI is InChI=1S/C20H24N2O3/c1-14-8-9-21(19(23)10-14)12-20(24)22-11-18(25-13-16(22)3)17-7-5-4-6-15(17)2/h4-10,16,18H,11-13H2,1-3H3/t16-,18+/m0/s1. The van der Waals surface area contributed by atoms with Crippen molar-refractivity contribution in [2.75, 3.05) is 13.2 Å². The van der Waals surface area contributed by atoms with Crippen molar-refractivity contribution in [2.24, 2.45) is 0 Å². The fourth-order valence-electron chi connectivity index (χ4n) is 3.21. The van der Waals surface area contributed by atoms with Crippen molar-refractivity contribution in [3.05, 3.63) is 69.6 Å². The zero-order chi connectivity index (χ0) is 18.0. The van der Waals surface area contributed by atoms with Gasteiger partial charge in [0, 0.05) is 12.3 Å². The Morgan fingerprint density at radius 3 is 2.72 bits per heavy atom. The predicted molar refractivity (Wildman–Crippen MR) is 96.5 cm³/mol. The van der Waals surface area contributed by atoms with Gasteiger partial charge < -0.3 is 14.2 Å². The molecule has 5 heteroatoms. The number of morpholine rings is 1. The Labute approximate surface area is 147 Å². The van der Waals surface area contributed by atoms with Gasteiger partial charge in [0.25, 0.3) is 5.56 Å². The zero-order valence-corrected chi connectivity index (χ0v) is 14.9. The molecule has 0 bridgehead atoms. The van der Waals surface area contributed by atoms with E-state index in [1.165, 1.54) is 4.57 Å². The van der Waals surface area contributed by atoms with Crippen molar-refractivity contribution >= 4 is 5.91 Å². The summed E-state index contributed by atoms with van der Waals surface area (Å²) in [4.78, 5) is 26.7. The molecule has 5 nitrogen and oxygen atoms in total. The second-order valence-corrected chi connectivity index (χ2v) is 6.74.